The second-order valence-corrected chi connectivity index (χ2v) is 5.74. The van der Waals surface area contributed by atoms with Crippen molar-refractivity contribution in [1.29, 1.82) is 0 Å². The lowest BCUT2D eigenvalue weighted by molar-refractivity contribution is 0.0954. The highest BCUT2D eigenvalue weighted by atomic mass is 16.7. The van der Waals surface area contributed by atoms with Crippen LogP contribution in [0.15, 0.2) is 42.5 Å². The molecule has 1 amide bonds. The first kappa shape index (κ1) is 16.2. The Morgan fingerprint density at radius 1 is 1.17 bits per heavy atom. The number of hydrogen-bond acceptors (Lipinski definition) is 4. The quantitative estimate of drug-likeness (QED) is 0.887. The minimum atomic E-state index is -0.103. The number of carbonyl (C=O) groups is 1. The third-order valence-electron chi connectivity index (χ3n) is 4.05. The zero-order valence-corrected chi connectivity index (χ0v) is 14.0. The van der Waals surface area contributed by atoms with E-state index < -0.39 is 0 Å². The van der Waals surface area contributed by atoms with Crippen LogP contribution in [-0.2, 0) is 0 Å². The molecule has 0 saturated carbocycles. The summed E-state index contributed by atoms with van der Waals surface area (Å²) in [5.74, 6) is 1.20. The van der Waals surface area contributed by atoms with Crippen molar-refractivity contribution in [1.82, 2.24) is 5.32 Å². The molecule has 0 unspecified atom stereocenters. The van der Waals surface area contributed by atoms with Gasteiger partial charge in [-0.3, -0.25) is 4.79 Å². The number of benzene rings is 2. The van der Waals surface area contributed by atoms with Gasteiger partial charge in [-0.2, -0.15) is 0 Å². The Balaban J connectivity index is 1.56. The summed E-state index contributed by atoms with van der Waals surface area (Å²) in [6.07, 6.45) is 0. The highest BCUT2D eigenvalue weighted by Crippen LogP contribution is 2.32. The molecule has 126 valence electrons. The Bertz CT molecular complexity index is 730. The average molecular weight is 326 g/mol. The topological polar surface area (TPSA) is 50.8 Å². The number of anilines is 1. The van der Waals surface area contributed by atoms with Crippen LogP contribution < -0.4 is 19.7 Å². The molecule has 0 aliphatic carbocycles. The van der Waals surface area contributed by atoms with E-state index in [1.54, 1.807) is 18.2 Å². The molecule has 0 radical (unpaired) electrons. The number of likely N-dealkylation sites (N-methyl/N-ethyl adjacent to an activating group) is 1. The van der Waals surface area contributed by atoms with E-state index in [-0.39, 0.29) is 12.7 Å². The van der Waals surface area contributed by atoms with Gasteiger partial charge in [-0.25, -0.2) is 0 Å². The molecule has 2 aromatic carbocycles. The van der Waals surface area contributed by atoms with E-state index >= 15 is 0 Å². The number of nitrogens with zero attached hydrogens (tertiary/aromatic N) is 1. The molecule has 24 heavy (non-hydrogen) atoms. The third kappa shape index (κ3) is 3.62. The van der Waals surface area contributed by atoms with Crippen LogP contribution in [0.2, 0.25) is 0 Å². The fraction of sp³-hybridized carbons (Fsp3) is 0.316. The number of hydrogen-bond donors (Lipinski definition) is 1. The Morgan fingerprint density at radius 3 is 2.79 bits per heavy atom. The van der Waals surface area contributed by atoms with E-state index in [2.05, 4.69) is 48.3 Å². The number of fused-ring (bicyclic) bond motifs is 1. The molecule has 1 aliphatic rings. The maximum Gasteiger partial charge on any atom is 0.251 e. The molecule has 5 heteroatoms. The summed E-state index contributed by atoms with van der Waals surface area (Å²) in [6.45, 7) is 6.64. The van der Waals surface area contributed by atoms with Crippen molar-refractivity contribution < 1.29 is 14.3 Å². The molecule has 2 aromatic rings. The maximum atomic E-state index is 12.3. The normalized spacial score (nSPS) is 12.1. The van der Waals surface area contributed by atoms with Crippen LogP contribution >= 0.6 is 0 Å². The predicted octanol–water partition coefficient (Wildman–Crippen LogP) is 2.98. The van der Waals surface area contributed by atoms with Crippen LogP contribution in [0, 0.1) is 6.92 Å². The van der Waals surface area contributed by atoms with Crippen molar-refractivity contribution >= 4 is 11.6 Å². The zero-order chi connectivity index (χ0) is 16.9. The molecule has 5 nitrogen and oxygen atoms in total. The Labute approximate surface area is 142 Å². The lowest BCUT2D eigenvalue weighted by Gasteiger charge is -2.23. The first-order valence-electron chi connectivity index (χ1n) is 8.17. The van der Waals surface area contributed by atoms with Crippen LogP contribution in [0.1, 0.15) is 22.8 Å². The van der Waals surface area contributed by atoms with Gasteiger partial charge in [0.1, 0.15) is 0 Å². The first-order chi connectivity index (χ1) is 11.7. The van der Waals surface area contributed by atoms with Crippen molar-refractivity contribution in [3.63, 3.8) is 0 Å². The Hall–Kier alpha value is -2.69. The van der Waals surface area contributed by atoms with Crippen LogP contribution in [0.4, 0.5) is 5.69 Å². The van der Waals surface area contributed by atoms with Gasteiger partial charge in [-0.05, 0) is 49.7 Å². The lowest BCUT2D eigenvalue weighted by atomic mass is 10.2. The lowest BCUT2D eigenvalue weighted by Crippen LogP contribution is -2.35. The van der Waals surface area contributed by atoms with Crippen molar-refractivity contribution in [3.8, 4) is 11.5 Å². The highest BCUT2D eigenvalue weighted by molar-refractivity contribution is 5.94. The number of carbonyl (C=O) groups excluding carboxylic acids is 1. The van der Waals surface area contributed by atoms with Crippen LogP contribution in [-0.4, -0.2) is 32.3 Å². The second kappa shape index (κ2) is 7.25. The van der Waals surface area contributed by atoms with E-state index in [0.717, 1.165) is 13.1 Å². The monoisotopic (exact) mass is 326 g/mol. The summed E-state index contributed by atoms with van der Waals surface area (Å²) in [5, 5.41) is 2.96. The summed E-state index contributed by atoms with van der Waals surface area (Å²) in [6, 6.07) is 13.6. The van der Waals surface area contributed by atoms with Gasteiger partial charge in [0.25, 0.3) is 5.91 Å². The van der Waals surface area contributed by atoms with E-state index in [1.807, 2.05) is 0 Å². The minimum absolute atomic E-state index is 0.103. The molecular weight excluding hydrogens is 304 g/mol. The summed E-state index contributed by atoms with van der Waals surface area (Å²) in [4.78, 5) is 14.5. The number of rotatable bonds is 6. The Kier molecular flexibility index (Phi) is 4.89. The largest absolute Gasteiger partial charge is 0.454 e. The van der Waals surface area contributed by atoms with Crippen LogP contribution in [0.5, 0.6) is 11.5 Å². The van der Waals surface area contributed by atoms with Crippen LogP contribution in [0.25, 0.3) is 0 Å². The molecular formula is C19H22N2O3. The average Bonchev–Trinajstić information content (AvgIpc) is 3.06. The SMILES string of the molecule is CCN(CCNC(=O)c1ccc2c(c1)OCO2)c1cccc(C)c1. The molecule has 0 atom stereocenters. The molecule has 0 aromatic heterocycles. The van der Waals surface area contributed by atoms with Crippen molar-refractivity contribution in [2.24, 2.45) is 0 Å². The summed E-state index contributed by atoms with van der Waals surface area (Å²) < 4.78 is 10.6. The van der Waals surface area contributed by atoms with Gasteiger partial charge in [0.05, 0.1) is 0 Å². The summed E-state index contributed by atoms with van der Waals surface area (Å²) in [5.41, 5.74) is 2.99. The molecule has 0 bridgehead atoms. The number of amides is 1. The zero-order valence-electron chi connectivity index (χ0n) is 14.0. The fourth-order valence-corrected chi connectivity index (χ4v) is 2.74. The second-order valence-electron chi connectivity index (χ2n) is 5.74. The van der Waals surface area contributed by atoms with Gasteiger partial charge in [0.2, 0.25) is 6.79 Å². The number of aryl methyl sites for hydroxylation is 1. The number of ether oxygens (including phenoxy) is 2. The fourth-order valence-electron chi connectivity index (χ4n) is 2.74. The number of nitrogens with one attached hydrogen (secondary N) is 1. The van der Waals surface area contributed by atoms with E-state index in [0.29, 0.717) is 23.6 Å². The molecule has 1 heterocycles. The highest BCUT2D eigenvalue weighted by Gasteiger charge is 2.16. The van der Waals surface area contributed by atoms with Crippen molar-refractivity contribution in [2.45, 2.75) is 13.8 Å². The van der Waals surface area contributed by atoms with Crippen molar-refractivity contribution in [3.05, 3.63) is 53.6 Å². The van der Waals surface area contributed by atoms with Gasteiger partial charge in [-0.15, -0.1) is 0 Å². The van der Waals surface area contributed by atoms with Gasteiger partial charge in [0, 0.05) is 30.9 Å². The summed E-state index contributed by atoms with van der Waals surface area (Å²) in [7, 11) is 0. The molecule has 0 saturated heterocycles. The standard InChI is InChI=1S/C19H22N2O3/c1-3-21(16-6-4-5-14(2)11-16)10-9-20-19(22)15-7-8-17-18(12-15)24-13-23-17/h4-8,11-12H,3,9-10,13H2,1-2H3,(H,20,22). The van der Waals surface area contributed by atoms with Gasteiger partial charge in [0.15, 0.2) is 11.5 Å². The third-order valence-corrected chi connectivity index (χ3v) is 4.05. The molecule has 1 N–H and O–H groups in total. The summed E-state index contributed by atoms with van der Waals surface area (Å²) >= 11 is 0. The van der Waals surface area contributed by atoms with E-state index in [9.17, 15) is 4.79 Å². The Morgan fingerprint density at radius 2 is 2.00 bits per heavy atom. The van der Waals surface area contributed by atoms with E-state index in [4.69, 9.17) is 9.47 Å². The first-order valence-corrected chi connectivity index (χ1v) is 8.17. The van der Waals surface area contributed by atoms with Crippen LogP contribution in [0.3, 0.4) is 0 Å². The van der Waals surface area contributed by atoms with E-state index in [1.165, 1.54) is 11.3 Å². The predicted molar refractivity (Wildman–Crippen MR) is 94.0 cm³/mol. The van der Waals surface area contributed by atoms with Gasteiger partial charge in [-0.1, -0.05) is 12.1 Å². The smallest absolute Gasteiger partial charge is 0.251 e. The molecule has 3 rings (SSSR count). The van der Waals surface area contributed by atoms with Gasteiger partial charge < -0.3 is 19.7 Å². The van der Waals surface area contributed by atoms with Crippen molar-refractivity contribution in [2.75, 3.05) is 31.3 Å². The minimum Gasteiger partial charge on any atom is -0.454 e. The molecule has 1 aliphatic heterocycles. The van der Waals surface area contributed by atoms with Gasteiger partial charge >= 0.3 is 0 Å². The molecule has 0 fully saturated rings. The maximum absolute atomic E-state index is 12.3. The molecule has 0 spiro atoms.